The van der Waals surface area contributed by atoms with Crippen molar-refractivity contribution in [2.45, 2.75) is 12.9 Å². The van der Waals surface area contributed by atoms with E-state index in [0.29, 0.717) is 0 Å². The summed E-state index contributed by atoms with van der Waals surface area (Å²) < 4.78 is 59.0. The third-order valence-electron chi connectivity index (χ3n) is 2.39. The van der Waals surface area contributed by atoms with Crippen molar-refractivity contribution in [3.63, 3.8) is 0 Å². The Balaban J connectivity index is 2.32. The van der Waals surface area contributed by atoms with Crippen molar-refractivity contribution in [1.29, 1.82) is 0 Å². The van der Waals surface area contributed by atoms with Gasteiger partial charge in [0.1, 0.15) is 5.82 Å². The highest BCUT2D eigenvalue weighted by molar-refractivity contribution is 5.43. The van der Waals surface area contributed by atoms with Crippen LogP contribution in [-0.2, 0) is 6.54 Å². The number of hydrogen-bond donors (Lipinski definition) is 1. The number of aromatic nitrogens is 1. The first kappa shape index (κ1) is 15.0. The maximum absolute atomic E-state index is 13.0. The molecule has 0 spiro atoms. The van der Waals surface area contributed by atoms with Gasteiger partial charge in [-0.05, 0) is 18.2 Å². The minimum Gasteiger partial charge on any atom is -0.435 e. The van der Waals surface area contributed by atoms with E-state index in [-0.39, 0.29) is 23.7 Å². The minimum absolute atomic E-state index is 0.0810. The van der Waals surface area contributed by atoms with E-state index < -0.39 is 17.9 Å². The molecule has 0 aliphatic carbocycles. The van der Waals surface area contributed by atoms with E-state index in [0.717, 1.165) is 18.3 Å². The number of nitrogens with zero attached hydrogens (tertiary/aromatic N) is 1. The second kappa shape index (κ2) is 5.96. The van der Waals surface area contributed by atoms with Gasteiger partial charge in [-0.25, -0.2) is 9.37 Å². The van der Waals surface area contributed by atoms with Gasteiger partial charge < -0.3 is 15.2 Å². The molecule has 1 aromatic heterocycles. The molecule has 0 unspecified atom stereocenters. The van der Waals surface area contributed by atoms with Crippen molar-refractivity contribution in [3.8, 4) is 17.4 Å². The van der Waals surface area contributed by atoms with Crippen LogP contribution in [0.4, 0.5) is 17.6 Å². The smallest absolute Gasteiger partial charge is 0.435 e. The summed E-state index contributed by atoms with van der Waals surface area (Å²) in [6, 6.07) is 6.27. The summed E-state index contributed by atoms with van der Waals surface area (Å²) in [5.74, 6) is -1.44. The Kier molecular flexibility index (Phi) is 4.27. The van der Waals surface area contributed by atoms with Crippen LogP contribution in [-0.4, -0.2) is 11.3 Å². The summed E-state index contributed by atoms with van der Waals surface area (Å²) >= 11 is 0. The molecule has 0 bridgehead atoms. The number of rotatable bonds is 4. The van der Waals surface area contributed by atoms with E-state index >= 15 is 0 Å². The Bertz CT molecular complexity index is 632. The van der Waals surface area contributed by atoms with E-state index in [1.807, 2.05) is 0 Å². The van der Waals surface area contributed by atoms with Crippen LogP contribution >= 0.6 is 0 Å². The lowest BCUT2D eigenvalue weighted by molar-refractivity contribution is -0.275. The van der Waals surface area contributed by atoms with E-state index in [4.69, 9.17) is 10.5 Å². The molecule has 0 aliphatic heterocycles. The molecule has 0 radical (unpaired) electrons. The molecule has 8 heteroatoms. The maximum atomic E-state index is 13.0. The van der Waals surface area contributed by atoms with Crippen molar-refractivity contribution >= 4 is 0 Å². The predicted octanol–water partition coefficient (Wildman–Crippen LogP) is 3.37. The van der Waals surface area contributed by atoms with E-state index in [1.54, 1.807) is 0 Å². The molecule has 0 aliphatic rings. The number of pyridine rings is 1. The Morgan fingerprint density at radius 1 is 1.14 bits per heavy atom. The lowest BCUT2D eigenvalue weighted by Gasteiger charge is -2.14. The standard InChI is InChI=1S/C13H10F4N2O2/c14-9-5-8(6-18)12(19-7-9)20-10-3-1-2-4-11(10)21-13(15,16)17/h1-5,7H,6,18H2. The molecule has 1 heterocycles. The van der Waals surface area contributed by atoms with E-state index in [9.17, 15) is 17.6 Å². The highest BCUT2D eigenvalue weighted by Gasteiger charge is 2.32. The number of ether oxygens (including phenoxy) is 2. The van der Waals surface area contributed by atoms with E-state index in [1.165, 1.54) is 18.2 Å². The SMILES string of the molecule is NCc1cc(F)cnc1Oc1ccccc1OC(F)(F)F. The zero-order valence-corrected chi connectivity index (χ0v) is 10.5. The first-order chi connectivity index (χ1) is 9.89. The average Bonchev–Trinajstić information content (AvgIpc) is 2.41. The van der Waals surface area contributed by atoms with Crippen LogP contribution in [0.25, 0.3) is 0 Å². The van der Waals surface area contributed by atoms with Crippen molar-refractivity contribution < 1.29 is 27.0 Å². The average molecular weight is 302 g/mol. The van der Waals surface area contributed by atoms with Crippen molar-refractivity contribution in [1.82, 2.24) is 4.98 Å². The molecule has 2 aromatic rings. The van der Waals surface area contributed by atoms with Crippen molar-refractivity contribution in [2.75, 3.05) is 0 Å². The number of halogens is 4. The van der Waals surface area contributed by atoms with Crippen LogP contribution in [0.2, 0.25) is 0 Å². The summed E-state index contributed by atoms with van der Waals surface area (Å²) in [6.45, 7) is -0.0810. The van der Waals surface area contributed by atoms with Gasteiger partial charge in [-0.3, -0.25) is 0 Å². The summed E-state index contributed by atoms with van der Waals surface area (Å²) in [6.07, 6.45) is -3.98. The monoisotopic (exact) mass is 302 g/mol. The number of para-hydroxylation sites is 2. The first-order valence-electron chi connectivity index (χ1n) is 5.76. The molecule has 0 fully saturated rings. The van der Waals surface area contributed by atoms with Crippen molar-refractivity contribution in [3.05, 3.63) is 47.9 Å². The maximum Gasteiger partial charge on any atom is 0.573 e. The second-order valence-corrected chi connectivity index (χ2v) is 3.92. The predicted molar refractivity (Wildman–Crippen MR) is 65.3 cm³/mol. The fraction of sp³-hybridized carbons (Fsp3) is 0.154. The van der Waals surface area contributed by atoms with Gasteiger partial charge >= 0.3 is 6.36 Å². The van der Waals surface area contributed by atoms with Gasteiger partial charge in [0.25, 0.3) is 0 Å². The normalized spacial score (nSPS) is 11.3. The van der Waals surface area contributed by atoms with Gasteiger partial charge in [0.15, 0.2) is 11.5 Å². The first-order valence-corrected chi connectivity index (χ1v) is 5.76. The van der Waals surface area contributed by atoms with Crippen LogP contribution in [0.5, 0.6) is 17.4 Å². The molecular weight excluding hydrogens is 292 g/mol. The van der Waals surface area contributed by atoms with Gasteiger partial charge in [-0.15, -0.1) is 13.2 Å². The molecule has 0 atom stereocenters. The van der Waals surface area contributed by atoms with Crippen LogP contribution in [0.1, 0.15) is 5.56 Å². The largest absolute Gasteiger partial charge is 0.573 e. The fourth-order valence-corrected chi connectivity index (χ4v) is 1.55. The lowest BCUT2D eigenvalue weighted by atomic mass is 10.2. The zero-order valence-electron chi connectivity index (χ0n) is 10.5. The summed E-state index contributed by atoms with van der Waals surface area (Å²) in [5.41, 5.74) is 5.63. The highest BCUT2D eigenvalue weighted by Crippen LogP contribution is 2.35. The van der Waals surface area contributed by atoms with Crippen molar-refractivity contribution in [2.24, 2.45) is 5.73 Å². The molecule has 2 rings (SSSR count). The molecule has 21 heavy (non-hydrogen) atoms. The number of benzene rings is 1. The Morgan fingerprint density at radius 3 is 2.43 bits per heavy atom. The Labute approximate surface area is 117 Å². The van der Waals surface area contributed by atoms with Gasteiger partial charge in [0.05, 0.1) is 6.20 Å². The topological polar surface area (TPSA) is 57.4 Å². The number of hydrogen-bond acceptors (Lipinski definition) is 4. The molecule has 0 amide bonds. The minimum atomic E-state index is -4.85. The van der Waals surface area contributed by atoms with Gasteiger partial charge in [0.2, 0.25) is 5.88 Å². The van der Waals surface area contributed by atoms with E-state index in [2.05, 4.69) is 9.72 Å². The molecule has 1 aromatic carbocycles. The third kappa shape index (κ3) is 4.06. The van der Waals surface area contributed by atoms with Gasteiger partial charge in [-0.1, -0.05) is 12.1 Å². The zero-order chi connectivity index (χ0) is 15.5. The second-order valence-electron chi connectivity index (χ2n) is 3.92. The molecule has 0 saturated carbocycles. The number of nitrogens with two attached hydrogens (primary N) is 1. The molecule has 2 N–H and O–H groups in total. The molecular formula is C13H10F4N2O2. The molecule has 112 valence electrons. The lowest BCUT2D eigenvalue weighted by Crippen LogP contribution is -2.17. The third-order valence-corrected chi connectivity index (χ3v) is 2.39. The Hall–Kier alpha value is -2.35. The molecule has 4 nitrogen and oxygen atoms in total. The highest BCUT2D eigenvalue weighted by atomic mass is 19.4. The van der Waals surface area contributed by atoms with Crippen LogP contribution in [0.15, 0.2) is 36.5 Å². The quantitative estimate of drug-likeness (QED) is 0.880. The fourth-order valence-electron chi connectivity index (χ4n) is 1.55. The van der Waals surface area contributed by atoms with Crippen LogP contribution in [0, 0.1) is 5.82 Å². The summed E-state index contributed by atoms with van der Waals surface area (Å²) in [4.78, 5) is 3.67. The van der Waals surface area contributed by atoms with Gasteiger partial charge in [0, 0.05) is 12.1 Å². The van der Waals surface area contributed by atoms with Gasteiger partial charge in [-0.2, -0.15) is 0 Å². The summed E-state index contributed by atoms with van der Waals surface area (Å²) in [7, 11) is 0. The molecule has 0 saturated heterocycles. The Morgan fingerprint density at radius 2 is 1.81 bits per heavy atom. The number of alkyl halides is 3. The summed E-state index contributed by atoms with van der Waals surface area (Å²) in [5, 5.41) is 0. The van der Waals surface area contributed by atoms with Crippen LogP contribution in [0.3, 0.4) is 0 Å². The van der Waals surface area contributed by atoms with Crippen LogP contribution < -0.4 is 15.2 Å².